The van der Waals surface area contributed by atoms with Crippen LogP contribution in [0.4, 0.5) is 13.2 Å². The van der Waals surface area contributed by atoms with Crippen LogP contribution < -0.4 is 14.8 Å². The molecule has 2 N–H and O–H groups in total. The van der Waals surface area contributed by atoms with E-state index in [1.807, 2.05) is 0 Å². The second kappa shape index (κ2) is 7.90. The fourth-order valence-corrected chi connectivity index (χ4v) is 7.70. The van der Waals surface area contributed by atoms with Gasteiger partial charge >= 0.3 is 6.36 Å². The fourth-order valence-electron chi connectivity index (χ4n) is 6.28. The molecule has 4 aliphatic rings. The Kier molecular flexibility index (Phi) is 5.76. The van der Waals surface area contributed by atoms with E-state index in [0.717, 1.165) is 43.5 Å². The molecule has 178 valence electrons. The number of carbonyl (C=O) groups is 1. The molecule has 0 saturated heterocycles. The normalized spacial score (nSPS) is 29.7. The molecule has 4 fully saturated rings. The summed E-state index contributed by atoms with van der Waals surface area (Å²) in [5.74, 6) is 1.34. The smallest absolute Gasteiger partial charge is 0.406 e. The minimum Gasteiger partial charge on any atom is -0.406 e. The monoisotopic (exact) mass is 474 g/mol. The molecule has 1 aromatic carbocycles. The van der Waals surface area contributed by atoms with Crippen molar-refractivity contribution in [1.82, 2.24) is 10.0 Å². The van der Waals surface area contributed by atoms with E-state index < -0.39 is 27.7 Å². The van der Waals surface area contributed by atoms with Crippen LogP contribution in [-0.2, 0) is 14.8 Å². The van der Waals surface area contributed by atoms with E-state index in [1.54, 1.807) is 13.8 Å². The van der Waals surface area contributed by atoms with E-state index in [2.05, 4.69) is 14.8 Å². The van der Waals surface area contributed by atoms with Gasteiger partial charge < -0.3 is 10.1 Å². The Balaban J connectivity index is 1.37. The zero-order valence-electron chi connectivity index (χ0n) is 18.2. The lowest BCUT2D eigenvalue weighted by atomic mass is 9.53. The SMILES string of the molecule is CC(C)(CC(=O)NC12CC3CC(CC(C3)C1)C2)NS(=O)(=O)c1ccc(OC(F)(F)F)cc1. The number of sulfonamides is 1. The van der Waals surface area contributed by atoms with Crippen molar-refractivity contribution in [3.8, 4) is 5.75 Å². The van der Waals surface area contributed by atoms with Crippen molar-refractivity contribution >= 4 is 15.9 Å². The summed E-state index contributed by atoms with van der Waals surface area (Å²) < 4.78 is 68.6. The van der Waals surface area contributed by atoms with E-state index in [-0.39, 0.29) is 22.8 Å². The molecule has 0 spiro atoms. The van der Waals surface area contributed by atoms with E-state index in [0.29, 0.717) is 17.8 Å². The predicted octanol–water partition coefficient (Wildman–Crippen LogP) is 4.12. The van der Waals surface area contributed by atoms with E-state index >= 15 is 0 Å². The maximum Gasteiger partial charge on any atom is 0.573 e. The fraction of sp³-hybridized carbons (Fsp3) is 0.682. The molecule has 32 heavy (non-hydrogen) atoms. The Morgan fingerprint density at radius 2 is 1.53 bits per heavy atom. The summed E-state index contributed by atoms with van der Waals surface area (Å²) in [6.45, 7) is 3.23. The van der Waals surface area contributed by atoms with Gasteiger partial charge in [-0.2, -0.15) is 0 Å². The average molecular weight is 475 g/mol. The maximum absolute atomic E-state index is 12.9. The zero-order chi connectivity index (χ0) is 23.4. The van der Waals surface area contributed by atoms with Crippen LogP contribution in [0.5, 0.6) is 5.75 Å². The second-order valence-electron chi connectivity index (χ2n) is 10.4. The molecule has 0 aliphatic heterocycles. The summed E-state index contributed by atoms with van der Waals surface area (Å²) in [5, 5.41) is 3.24. The molecule has 4 aliphatic carbocycles. The number of rotatable bonds is 7. The highest BCUT2D eigenvalue weighted by atomic mass is 32.2. The highest BCUT2D eigenvalue weighted by molar-refractivity contribution is 7.89. The van der Waals surface area contributed by atoms with Crippen LogP contribution in [0.2, 0.25) is 0 Å². The first-order valence-electron chi connectivity index (χ1n) is 10.9. The summed E-state index contributed by atoms with van der Waals surface area (Å²) in [4.78, 5) is 12.7. The van der Waals surface area contributed by atoms with Crippen LogP contribution in [0.15, 0.2) is 29.2 Å². The molecular weight excluding hydrogens is 445 g/mol. The molecule has 1 aromatic rings. The van der Waals surface area contributed by atoms with Gasteiger partial charge in [0.15, 0.2) is 0 Å². The molecule has 6 nitrogen and oxygen atoms in total. The Labute approximate surface area is 186 Å². The van der Waals surface area contributed by atoms with Gasteiger partial charge in [-0.25, -0.2) is 13.1 Å². The van der Waals surface area contributed by atoms with Crippen LogP contribution in [-0.4, -0.2) is 31.8 Å². The van der Waals surface area contributed by atoms with E-state index in [9.17, 15) is 26.4 Å². The van der Waals surface area contributed by atoms with Gasteiger partial charge in [0.05, 0.1) is 4.90 Å². The van der Waals surface area contributed by atoms with Crippen LogP contribution in [0, 0.1) is 17.8 Å². The van der Waals surface area contributed by atoms with Crippen molar-refractivity contribution in [2.24, 2.45) is 17.8 Å². The minimum absolute atomic E-state index is 0.0384. The minimum atomic E-state index is -4.86. The number of amides is 1. The Hall–Kier alpha value is -1.81. The van der Waals surface area contributed by atoms with Gasteiger partial charge in [-0.1, -0.05) is 0 Å². The van der Waals surface area contributed by atoms with Crippen LogP contribution in [0.1, 0.15) is 58.8 Å². The summed E-state index contributed by atoms with van der Waals surface area (Å²) >= 11 is 0. The highest BCUT2D eigenvalue weighted by Gasteiger charge is 2.51. The first-order valence-corrected chi connectivity index (χ1v) is 12.4. The summed E-state index contributed by atoms with van der Waals surface area (Å²) in [6.07, 6.45) is 1.89. The van der Waals surface area contributed by atoms with Crippen molar-refractivity contribution < 1.29 is 31.1 Å². The van der Waals surface area contributed by atoms with Crippen molar-refractivity contribution in [2.75, 3.05) is 0 Å². The van der Waals surface area contributed by atoms with Crippen molar-refractivity contribution in [2.45, 2.75) is 81.1 Å². The van der Waals surface area contributed by atoms with Crippen molar-refractivity contribution in [1.29, 1.82) is 0 Å². The molecule has 0 heterocycles. The van der Waals surface area contributed by atoms with Crippen molar-refractivity contribution in [3.63, 3.8) is 0 Å². The lowest BCUT2D eigenvalue weighted by Crippen LogP contribution is -2.60. The van der Waals surface area contributed by atoms with Gasteiger partial charge in [-0.05, 0) is 94.4 Å². The number of hydrogen-bond donors (Lipinski definition) is 2. The van der Waals surface area contributed by atoms with Gasteiger partial charge in [-0.3, -0.25) is 4.79 Å². The van der Waals surface area contributed by atoms with Crippen LogP contribution in [0.3, 0.4) is 0 Å². The third-order valence-corrected chi connectivity index (χ3v) is 8.54. The van der Waals surface area contributed by atoms with E-state index in [1.165, 1.54) is 19.3 Å². The largest absolute Gasteiger partial charge is 0.573 e. The summed E-state index contributed by atoms with van der Waals surface area (Å²) in [6, 6.07) is 3.95. The molecular formula is C22H29F3N2O4S. The zero-order valence-corrected chi connectivity index (χ0v) is 19.0. The number of ether oxygens (including phenoxy) is 1. The number of carbonyl (C=O) groups excluding carboxylic acids is 1. The number of hydrogen-bond acceptors (Lipinski definition) is 4. The van der Waals surface area contributed by atoms with Gasteiger partial charge in [0, 0.05) is 17.5 Å². The Bertz CT molecular complexity index is 939. The first kappa shape index (κ1) is 23.4. The Morgan fingerprint density at radius 3 is 2.00 bits per heavy atom. The molecule has 4 bridgehead atoms. The number of halogens is 3. The second-order valence-corrected chi connectivity index (χ2v) is 12.1. The van der Waals surface area contributed by atoms with Gasteiger partial charge in [0.1, 0.15) is 5.75 Å². The topological polar surface area (TPSA) is 84.5 Å². The number of benzene rings is 1. The quantitative estimate of drug-likeness (QED) is 0.623. The molecule has 0 unspecified atom stereocenters. The molecule has 4 saturated carbocycles. The molecule has 5 rings (SSSR count). The first-order chi connectivity index (χ1) is 14.7. The highest BCUT2D eigenvalue weighted by Crippen LogP contribution is 2.55. The van der Waals surface area contributed by atoms with Gasteiger partial charge in [-0.15, -0.1) is 13.2 Å². The van der Waals surface area contributed by atoms with Gasteiger partial charge in [0.2, 0.25) is 15.9 Å². The summed E-state index contributed by atoms with van der Waals surface area (Å²) in [5.41, 5.74) is -1.23. The maximum atomic E-state index is 12.9. The number of alkyl halides is 3. The number of nitrogens with one attached hydrogen (secondary N) is 2. The molecule has 10 heteroatoms. The standard InChI is InChI=1S/C22H29F3N2O4S/c1-20(2,27-32(29,30)18-5-3-17(4-6-18)31-22(23,24)25)13-19(28)26-21-10-14-7-15(11-21)9-16(8-14)12-21/h3-6,14-16,27H,7-13H2,1-2H3,(H,26,28). The predicted molar refractivity (Wildman–Crippen MR) is 111 cm³/mol. The third kappa shape index (κ3) is 5.39. The van der Waals surface area contributed by atoms with Crippen molar-refractivity contribution in [3.05, 3.63) is 24.3 Å². The lowest BCUT2D eigenvalue weighted by molar-refractivity contribution is -0.274. The average Bonchev–Trinajstić information content (AvgIpc) is 2.57. The third-order valence-electron chi connectivity index (χ3n) is 6.82. The van der Waals surface area contributed by atoms with Crippen LogP contribution in [0.25, 0.3) is 0 Å². The molecule has 1 amide bonds. The van der Waals surface area contributed by atoms with Crippen LogP contribution >= 0.6 is 0 Å². The molecule has 0 aromatic heterocycles. The Morgan fingerprint density at radius 1 is 1.03 bits per heavy atom. The summed E-state index contributed by atoms with van der Waals surface area (Å²) in [7, 11) is -4.04. The molecule has 0 radical (unpaired) electrons. The van der Waals surface area contributed by atoms with E-state index in [4.69, 9.17) is 0 Å². The lowest BCUT2D eigenvalue weighted by Gasteiger charge is -2.57. The van der Waals surface area contributed by atoms with Gasteiger partial charge in [0.25, 0.3) is 0 Å². The molecule has 0 atom stereocenters.